The van der Waals surface area contributed by atoms with Crippen LogP contribution in [0.5, 0.6) is 0 Å². The first-order valence-corrected chi connectivity index (χ1v) is 6.40. The molecule has 0 saturated carbocycles. The van der Waals surface area contributed by atoms with E-state index in [2.05, 4.69) is 36.4 Å². The first kappa shape index (κ1) is 11.0. The standard InChI is InChI=1S/C15H18O2/c1-3-7-12(8-4-1)14-11-16-15(17-14)13-9-5-2-6-10-13/h1-5,7-8,13-15H,6,9-11H2/t13-,14+,15-/m0/s1. The number of hydrogen-bond donors (Lipinski definition) is 0. The fourth-order valence-electron chi connectivity index (χ4n) is 2.58. The largest absolute Gasteiger partial charge is 0.349 e. The van der Waals surface area contributed by atoms with Gasteiger partial charge in [0.05, 0.1) is 6.61 Å². The summed E-state index contributed by atoms with van der Waals surface area (Å²) in [6.45, 7) is 0.689. The fraction of sp³-hybridized carbons (Fsp3) is 0.467. The summed E-state index contributed by atoms with van der Waals surface area (Å²) in [5, 5.41) is 0. The van der Waals surface area contributed by atoms with Crippen LogP contribution in [0.2, 0.25) is 0 Å². The highest BCUT2D eigenvalue weighted by molar-refractivity contribution is 5.18. The van der Waals surface area contributed by atoms with Gasteiger partial charge in [0.15, 0.2) is 6.29 Å². The van der Waals surface area contributed by atoms with Crippen molar-refractivity contribution in [2.45, 2.75) is 31.7 Å². The van der Waals surface area contributed by atoms with Crippen molar-refractivity contribution in [1.29, 1.82) is 0 Å². The average Bonchev–Trinajstić information content (AvgIpc) is 2.90. The van der Waals surface area contributed by atoms with Gasteiger partial charge in [0.1, 0.15) is 6.10 Å². The molecule has 3 rings (SSSR count). The topological polar surface area (TPSA) is 18.5 Å². The van der Waals surface area contributed by atoms with Crippen molar-refractivity contribution in [3.8, 4) is 0 Å². The lowest BCUT2D eigenvalue weighted by Crippen LogP contribution is -2.22. The van der Waals surface area contributed by atoms with Crippen molar-refractivity contribution in [3.05, 3.63) is 48.0 Å². The molecule has 0 N–H and O–H groups in total. The molecule has 3 atom stereocenters. The Labute approximate surface area is 102 Å². The number of rotatable bonds is 2. The molecule has 1 aliphatic heterocycles. The lowest BCUT2D eigenvalue weighted by Gasteiger charge is -2.23. The van der Waals surface area contributed by atoms with E-state index in [1.807, 2.05) is 6.07 Å². The number of benzene rings is 1. The monoisotopic (exact) mass is 230 g/mol. The molecule has 1 heterocycles. The first-order valence-electron chi connectivity index (χ1n) is 6.40. The van der Waals surface area contributed by atoms with Crippen LogP contribution in [0.3, 0.4) is 0 Å². The van der Waals surface area contributed by atoms with E-state index >= 15 is 0 Å². The molecule has 0 unspecified atom stereocenters. The molecule has 2 nitrogen and oxygen atoms in total. The predicted molar refractivity (Wildman–Crippen MR) is 66.5 cm³/mol. The molecule has 1 fully saturated rings. The molecule has 17 heavy (non-hydrogen) atoms. The molecule has 1 aliphatic carbocycles. The Morgan fingerprint density at radius 1 is 1.06 bits per heavy atom. The van der Waals surface area contributed by atoms with Crippen LogP contribution < -0.4 is 0 Å². The summed E-state index contributed by atoms with van der Waals surface area (Å²) in [7, 11) is 0. The molecule has 0 amide bonds. The van der Waals surface area contributed by atoms with Crippen LogP contribution in [0.15, 0.2) is 42.5 Å². The SMILES string of the molecule is C1=CC[C@H]([C@H]2OC[C@H](c3ccccc3)O2)CC1. The molecule has 2 aliphatic rings. The van der Waals surface area contributed by atoms with Crippen molar-refractivity contribution >= 4 is 0 Å². The van der Waals surface area contributed by atoms with E-state index in [0.29, 0.717) is 12.5 Å². The molecular weight excluding hydrogens is 212 g/mol. The Morgan fingerprint density at radius 3 is 2.71 bits per heavy atom. The number of ether oxygens (including phenoxy) is 2. The minimum Gasteiger partial charge on any atom is -0.349 e. The molecule has 0 aromatic heterocycles. The molecule has 1 saturated heterocycles. The summed E-state index contributed by atoms with van der Waals surface area (Å²) >= 11 is 0. The molecule has 0 radical (unpaired) electrons. The van der Waals surface area contributed by atoms with Crippen molar-refractivity contribution in [3.63, 3.8) is 0 Å². The quantitative estimate of drug-likeness (QED) is 0.724. The van der Waals surface area contributed by atoms with Crippen LogP contribution in [0.1, 0.15) is 30.9 Å². The van der Waals surface area contributed by atoms with Gasteiger partial charge in [-0.25, -0.2) is 0 Å². The maximum Gasteiger partial charge on any atom is 0.161 e. The zero-order valence-corrected chi connectivity index (χ0v) is 9.92. The van der Waals surface area contributed by atoms with Gasteiger partial charge < -0.3 is 9.47 Å². The Bertz CT molecular complexity index is 385. The van der Waals surface area contributed by atoms with E-state index in [1.165, 1.54) is 12.0 Å². The maximum atomic E-state index is 6.03. The summed E-state index contributed by atoms with van der Waals surface area (Å²) in [5.74, 6) is 0.536. The van der Waals surface area contributed by atoms with Crippen molar-refractivity contribution in [2.24, 2.45) is 5.92 Å². The summed E-state index contributed by atoms with van der Waals surface area (Å²) in [6.07, 6.45) is 8.03. The smallest absolute Gasteiger partial charge is 0.161 e. The van der Waals surface area contributed by atoms with E-state index in [0.717, 1.165) is 12.8 Å². The molecular formula is C15H18O2. The normalized spacial score (nSPS) is 32.8. The van der Waals surface area contributed by atoms with Gasteiger partial charge in [-0.2, -0.15) is 0 Å². The Kier molecular flexibility index (Phi) is 3.25. The lowest BCUT2D eigenvalue weighted by atomic mass is 9.94. The Morgan fingerprint density at radius 2 is 1.94 bits per heavy atom. The van der Waals surface area contributed by atoms with Crippen LogP contribution in [0.25, 0.3) is 0 Å². The second-order valence-corrected chi connectivity index (χ2v) is 4.78. The van der Waals surface area contributed by atoms with Gasteiger partial charge in [0.2, 0.25) is 0 Å². The van der Waals surface area contributed by atoms with E-state index < -0.39 is 0 Å². The van der Waals surface area contributed by atoms with E-state index in [-0.39, 0.29) is 12.4 Å². The average molecular weight is 230 g/mol. The molecule has 1 aromatic carbocycles. The minimum atomic E-state index is -0.00911. The van der Waals surface area contributed by atoms with Crippen molar-refractivity contribution < 1.29 is 9.47 Å². The third-order valence-electron chi connectivity index (χ3n) is 3.58. The van der Waals surface area contributed by atoms with Gasteiger partial charge in [-0.3, -0.25) is 0 Å². The summed E-state index contributed by atoms with van der Waals surface area (Å²) in [5.41, 5.74) is 1.22. The van der Waals surface area contributed by atoms with Gasteiger partial charge in [0, 0.05) is 5.92 Å². The zero-order valence-electron chi connectivity index (χ0n) is 9.92. The van der Waals surface area contributed by atoms with Gasteiger partial charge >= 0.3 is 0 Å². The second-order valence-electron chi connectivity index (χ2n) is 4.78. The Hall–Kier alpha value is -1.12. The first-order chi connectivity index (χ1) is 8.43. The molecule has 0 bridgehead atoms. The highest BCUT2D eigenvalue weighted by atomic mass is 16.7. The zero-order chi connectivity index (χ0) is 11.5. The molecule has 0 spiro atoms. The third kappa shape index (κ3) is 2.43. The number of hydrogen-bond acceptors (Lipinski definition) is 2. The molecule has 2 heteroatoms. The van der Waals surface area contributed by atoms with E-state index in [9.17, 15) is 0 Å². The van der Waals surface area contributed by atoms with Gasteiger partial charge in [0.25, 0.3) is 0 Å². The van der Waals surface area contributed by atoms with E-state index in [4.69, 9.17) is 9.47 Å². The fourth-order valence-corrected chi connectivity index (χ4v) is 2.58. The third-order valence-corrected chi connectivity index (χ3v) is 3.58. The highest BCUT2D eigenvalue weighted by Gasteiger charge is 2.32. The van der Waals surface area contributed by atoms with Crippen LogP contribution in [-0.4, -0.2) is 12.9 Å². The number of allylic oxidation sites excluding steroid dienone is 2. The lowest BCUT2D eigenvalue weighted by molar-refractivity contribution is -0.0988. The minimum absolute atomic E-state index is 0.00911. The van der Waals surface area contributed by atoms with Crippen LogP contribution in [-0.2, 0) is 9.47 Å². The van der Waals surface area contributed by atoms with Crippen molar-refractivity contribution in [1.82, 2.24) is 0 Å². The van der Waals surface area contributed by atoms with Gasteiger partial charge in [-0.1, -0.05) is 42.5 Å². The highest BCUT2D eigenvalue weighted by Crippen LogP contribution is 2.34. The predicted octanol–water partition coefficient (Wildman–Crippen LogP) is 3.46. The van der Waals surface area contributed by atoms with Crippen LogP contribution in [0.4, 0.5) is 0 Å². The van der Waals surface area contributed by atoms with Gasteiger partial charge in [-0.05, 0) is 24.8 Å². The molecule has 1 aromatic rings. The second kappa shape index (κ2) is 5.03. The summed E-state index contributed by atoms with van der Waals surface area (Å²) in [4.78, 5) is 0. The van der Waals surface area contributed by atoms with Crippen LogP contribution in [0, 0.1) is 5.92 Å². The Balaban J connectivity index is 1.64. The summed E-state index contributed by atoms with van der Waals surface area (Å²) < 4.78 is 11.8. The molecule has 90 valence electrons. The van der Waals surface area contributed by atoms with Gasteiger partial charge in [-0.15, -0.1) is 0 Å². The van der Waals surface area contributed by atoms with E-state index in [1.54, 1.807) is 0 Å². The maximum absolute atomic E-state index is 6.03. The van der Waals surface area contributed by atoms with Crippen LogP contribution >= 0.6 is 0 Å². The summed E-state index contributed by atoms with van der Waals surface area (Å²) in [6, 6.07) is 10.3. The van der Waals surface area contributed by atoms with Crippen molar-refractivity contribution in [2.75, 3.05) is 6.61 Å².